The fourth-order valence-corrected chi connectivity index (χ4v) is 7.54. The number of nitrogens with zero attached hydrogens (tertiary/aromatic N) is 5. The molecule has 6 rings (SSSR count). The van der Waals surface area contributed by atoms with Crippen LogP contribution in [0.4, 0.5) is 39.2 Å². The van der Waals surface area contributed by atoms with Crippen molar-refractivity contribution in [3.05, 3.63) is 69.2 Å². The zero-order valence-electron chi connectivity index (χ0n) is 31.4. The van der Waals surface area contributed by atoms with E-state index < -0.39 is 29.7 Å². The predicted molar refractivity (Wildman–Crippen MR) is 203 cm³/mol. The van der Waals surface area contributed by atoms with Gasteiger partial charge in [0.05, 0.1) is 5.69 Å². The molecule has 55 heavy (non-hydrogen) atoms. The van der Waals surface area contributed by atoms with Crippen molar-refractivity contribution in [2.75, 3.05) is 10.2 Å². The van der Waals surface area contributed by atoms with Crippen LogP contribution in [0, 0.1) is 48.5 Å². The Kier molecular flexibility index (Phi) is 13.7. The second-order valence-electron chi connectivity index (χ2n) is 14.4. The van der Waals surface area contributed by atoms with Gasteiger partial charge in [0, 0.05) is 65.6 Å². The average molecular weight is 825 g/mol. The van der Waals surface area contributed by atoms with Crippen molar-refractivity contribution in [1.82, 2.24) is 30.6 Å². The van der Waals surface area contributed by atoms with Crippen LogP contribution in [0.2, 0.25) is 0 Å². The fourth-order valence-electron chi connectivity index (χ4n) is 5.74. The van der Waals surface area contributed by atoms with Gasteiger partial charge >= 0.3 is 0 Å². The molecule has 0 radical (unpaired) electrons. The summed E-state index contributed by atoms with van der Waals surface area (Å²) in [6.45, 7) is 14.5. The van der Waals surface area contributed by atoms with Crippen molar-refractivity contribution < 1.29 is 36.7 Å². The Bertz CT molecular complexity index is 2050. The number of anilines is 4. The summed E-state index contributed by atoms with van der Waals surface area (Å²) in [5, 5.41) is 9.00. The van der Waals surface area contributed by atoms with Gasteiger partial charge in [0.2, 0.25) is 34.9 Å². The summed E-state index contributed by atoms with van der Waals surface area (Å²) in [6, 6.07) is 4.23. The molecule has 2 unspecified atom stereocenters. The number of thiazole rings is 2. The number of halogens is 5. The summed E-state index contributed by atoms with van der Waals surface area (Å²) in [7, 11) is 0. The molecule has 2 aliphatic carbocycles. The molecule has 0 aromatic carbocycles. The third-order valence-corrected chi connectivity index (χ3v) is 11.0. The van der Waals surface area contributed by atoms with Gasteiger partial charge in [-0.05, 0) is 62.0 Å². The zero-order chi connectivity index (χ0) is 41.0. The molecule has 0 bridgehead atoms. The van der Waals surface area contributed by atoms with E-state index in [0.717, 1.165) is 71.1 Å². The van der Waals surface area contributed by atoms with Crippen LogP contribution in [0.1, 0.15) is 98.0 Å². The van der Waals surface area contributed by atoms with E-state index in [-0.39, 0.29) is 62.2 Å². The van der Waals surface area contributed by atoms with E-state index in [1.807, 2.05) is 0 Å². The lowest BCUT2D eigenvalue weighted by molar-refractivity contribution is -0.116. The highest BCUT2D eigenvalue weighted by molar-refractivity contribution is 7.16. The Labute approximate surface area is 328 Å². The molecule has 12 nitrogen and oxygen atoms in total. The molecular weight excluding hydrogens is 784 g/mol. The lowest BCUT2D eigenvalue weighted by atomic mass is 9.67. The van der Waals surface area contributed by atoms with Crippen LogP contribution in [-0.4, -0.2) is 55.0 Å². The van der Waals surface area contributed by atoms with Crippen LogP contribution in [-0.2, 0) is 9.59 Å². The van der Waals surface area contributed by atoms with E-state index in [1.54, 1.807) is 13.8 Å². The molecular formula is C36H41ClF4N8O4S2. The highest BCUT2D eigenvalue weighted by Gasteiger charge is 2.41. The molecule has 2 aliphatic rings. The second kappa shape index (κ2) is 17.5. The summed E-state index contributed by atoms with van der Waals surface area (Å²) >= 11 is 7.00. The van der Waals surface area contributed by atoms with Crippen LogP contribution in [0.15, 0.2) is 24.3 Å². The van der Waals surface area contributed by atoms with Gasteiger partial charge in [0.15, 0.2) is 10.3 Å². The Balaban J connectivity index is 0.000000224. The minimum atomic E-state index is -1.05. The van der Waals surface area contributed by atoms with Gasteiger partial charge in [-0.2, -0.15) is 27.5 Å². The molecule has 0 aliphatic heterocycles. The summed E-state index contributed by atoms with van der Waals surface area (Å²) < 4.78 is 53.2. The van der Waals surface area contributed by atoms with Gasteiger partial charge in [-0.15, -0.1) is 22.7 Å². The number of rotatable bonds is 8. The quantitative estimate of drug-likeness (QED) is 0.0903. The van der Waals surface area contributed by atoms with Gasteiger partial charge in [0.25, 0.3) is 11.8 Å². The molecule has 2 fully saturated rings. The number of amides is 3. The topological polar surface area (TPSA) is 159 Å². The van der Waals surface area contributed by atoms with Crippen molar-refractivity contribution in [2.24, 2.45) is 10.8 Å². The minimum absolute atomic E-state index is 0.0339. The van der Waals surface area contributed by atoms with Crippen LogP contribution in [0.5, 0.6) is 0 Å². The standard InChI is InChI=1S/C18H20F2N4O2S.C16H18F2N4OS.C2H3ClO/c1-9-15(16(26)21-12-5-6-18(12,3)4)23-17(27-9)24(10(2)25)11-7-13(19)22-14(20)8-11;1-8-13(14(23)20-10-4-5-16(10,2)3)22-15(24-8)19-9-6-11(17)21-12(18)7-9;1-2(3)4/h7-8,12H,5-6H2,1-4H3,(H,21,26);6-7,10H,4-5H2,1-3H3,(H,20,23)(H,19,21,22);1H3. The van der Waals surface area contributed by atoms with Gasteiger partial charge < -0.3 is 16.0 Å². The molecule has 4 heterocycles. The molecule has 296 valence electrons. The maximum absolute atomic E-state index is 13.5. The number of pyridine rings is 2. The number of hydrogen-bond acceptors (Lipinski definition) is 11. The van der Waals surface area contributed by atoms with Gasteiger partial charge in [0.1, 0.15) is 11.4 Å². The Morgan fingerprint density at radius 2 is 1.15 bits per heavy atom. The summed E-state index contributed by atoms with van der Waals surface area (Å²) in [6.07, 6.45) is 3.99. The van der Waals surface area contributed by atoms with E-state index in [1.165, 1.54) is 25.2 Å². The van der Waals surface area contributed by atoms with Crippen LogP contribution >= 0.6 is 34.3 Å². The number of hydrogen-bond donors (Lipinski definition) is 3. The van der Waals surface area contributed by atoms with E-state index >= 15 is 0 Å². The molecule has 4 aromatic heterocycles. The first-order valence-electron chi connectivity index (χ1n) is 17.0. The summed E-state index contributed by atoms with van der Waals surface area (Å²) in [4.78, 5) is 63.3. The molecule has 3 amide bonds. The van der Waals surface area contributed by atoms with Crippen LogP contribution < -0.4 is 20.9 Å². The number of carbonyl (C=O) groups is 4. The Hall–Kier alpha value is -4.55. The first-order chi connectivity index (χ1) is 25.6. The van der Waals surface area contributed by atoms with E-state index in [2.05, 4.69) is 75.2 Å². The van der Waals surface area contributed by atoms with Gasteiger partial charge in [-0.25, -0.2) is 9.97 Å². The zero-order valence-corrected chi connectivity index (χ0v) is 33.8. The number of nitrogens with one attached hydrogen (secondary N) is 3. The first kappa shape index (κ1) is 43.2. The Morgan fingerprint density at radius 3 is 1.55 bits per heavy atom. The molecule has 0 saturated heterocycles. The van der Waals surface area contributed by atoms with Crippen molar-refractivity contribution in [1.29, 1.82) is 0 Å². The van der Waals surface area contributed by atoms with E-state index in [0.29, 0.717) is 15.7 Å². The smallest absolute Gasteiger partial charge is 0.271 e. The Morgan fingerprint density at radius 1 is 0.727 bits per heavy atom. The van der Waals surface area contributed by atoms with Crippen molar-refractivity contribution in [2.45, 2.75) is 93.2 Å². The largest absolute Gasteiger partial charge is 0.347 e. The molecule has 3 N–H and O–H groups in total. The van der Waals surface area contributed by atoms with Crippen LogP contribution in [0.3, 0.4) is 0 Å². The molecule has 4 aromatic rings. The average Bonchev–Trinajstić information content (AvgIpc) is 3.61. The normalized spacial score (nSPS) is 17.5. The monoisotopic (exact) mass is 824 g/mol. The third-order valence-electron chi connectivity index (χ3n) is 9.19. The van der Waals surface area contributed by atoms with Crippen LogP contribution in [0.25, 0.3) is 0 Å². The van der Waals surface area contributed by atoms with Crippen molar-refractivity contribution in [3.8, 4) is 0 Å². The fraction of sp³-hybridized carbons (Fsp3) is 0.444. The lowest BCUT2D eigenvalue weighted by Gasteiger charge is -2.44. The maximum Gasteiger partial charge on any atom is 0.271 e. The number of aryl methyl sites for hydroxylation is 2. The molecule has 2 atom stereocenters. The number of aromatic nitrogens is 4. The highest BCUT2D eigenvalue weighted by atomic mass is 35.5. The second-order valence-corrected chi connectivity index (χ2v) is 17.3. The van der Waals surface area contributed by atoms with Gasteiger partial charge in [-0.3, -0.25) is 24.1 Å². The predicted octanol–water partition coefficient (Wildman–Crippen LogP) is 8.29. The SMILES string of the molecule is CC(=O)Cl.CC(=O)N(c1cc(F)nc(F)c1)c1nc(C(=O)NC2CCC2(C)C)c(C)s1.Cc1sc(Nc2cc(F)nc(F)c2)nc1C(=O)NC1CCC1(C)C. The molecule has 0 spiro atoms. The minimum Gasteiger partial charge on any atom is -0.347 e. The first-order valence-corrected chi connectivity index (χ1v) is 19.0. The molecule has 2 saturated carbocycles. The van der Waals surface area contributed by atoms with Crippen molar-refractivity contribution in [3.63, 3.8) is 0 Å². The van der Waals surface area contributed by atoms with Crippen molar-refractivity contribution >= 4 is 78.9 Å². The highest BCUT2D eigenvalue weighted by Crippen LogP contribution is 2.41. The summed E-state index contributed by atoms with van der Waals surface area (Å²) in [5.41, 5.74) is 0.848. The van der Waals surface area contributed by atoms with E-state index in [9.17, 15) is 36.7 Å². The maximum atomic E-state index is 13.5. The summed E-state index contributed by atoms with van der Waals surface area (Å²) in [5.74, 6) is -4.96. The van der Waals surface area contributed by atoms with Gasteiger partial charge in [-0.1, -0.05) is 27.7 Å². The molecule has 19 heteroatoms. The van der Waals surface area contributed by atoms with E-state index in [4.69, 9.17) is 0 Å². The lowest BCUT2D eigenvalue weighted by Crippen LogP contribution is -2.52. The third kappa shape index (κ3) is 11.3. The number of carbonyl (C=O) groups excluding carboxylic acids is 4.